The Labute approximate surface area is 110 Å². The van der Waals surface area contributed by atoms with Gasteiger partial charge in [0.05, 0.1) is 28.5 Å². The van der Waals surface area contributed by atoms with E-state index in [0.29, 0.717) is 22.1 Å². The van der Waals surface area contributed by atoms with Crippen molar-refractivity contribution in [2.24, 2.45) is 0 Å². The quantitative estimate of drug-likeness (QED) is 0.867. The third-order valence-corrected chi connectivity index (χ3v) is 2.77. The number of rotatable bonds is 2. The van der Waals surface area contributed by atoms with Crippen LogP contribution in [0.15, 0.2) is 30.5 Å². The number of nitrogens with two attached hydrogens (primary N) is 1. The molecule has 5 heteroatoms. The van der Waals surface area contributed by atoms with Gasteiger partial charge in [0.25, 0.3) is 0 Å². The molecule has 0 aliphatic rings. The van der Waals surface area contributed by atoms with Crippen molar-refractivity contribution in [3.8, 4) is 6.07 Å². The minimum absolute atomic E-state index is 0.441. The first-order chi connectivity index (χ1) is 8.60. The standard InChI is InChI=1S/C13H11ClN4/c1-8-2-3-9(6-15)4-12(8)18-13-11(14)5-10(16)7-17-13/h2-5,7H,16H2,1H3,(H,17,18). The zero-order valence-electron chi connectivity index (χ0n) is 9.74. The minimum atomic E-state index is 0.441. The van der Waals surface area contributed by atoms with E-state index < -0.39 is 0 Å². The number of anilines is 3. The third kappa shape index (κ3) is 2.53. The summed E-state index contributed by atoms with van der Waals surface area (Å²) in [5.74, 6) is 0.518. The van der Waals surface area contributed by atoms with E-state index in [1.54, 1.807) is 18.2 Å². The lowest BCUT2D eigenvalue weighted by molar-refractivity contribution is 1.30. The summed E-state index contributed by atoms with van der Waals surface area (Å²) in [5.41, 5.74) is 8.47. The van der Waals surface area contributed by atoms with E-state index in [4.69, 9.17) is 22.6 Å². The molecule has 3 N–H and O–H groups in total. The number of nitrogens with one attached hydrogen (secondary N) is 1. The van der Waals surface area contributed by atoms with Gasteiger partial charge < -0.3 is 11.1 Å². The number of aryl methyl sites for hydroxylation is 1. The smallest absolute Gasteiger partial charge is 0.149 e. The Hall–Kier alpha value is -2.25. The molecule has 0 radical (unpaired) electrons. The highest BCUT2D eigenvalue weighted by Crippen LogP contribution is 2.26. The lowest BCUT2D eigenvalue weighted by atomic mass is 10.1. The predicted molar refractivity (Wildman–Crippen MR) is 72.8 cm³/mol. The van der Waals surface area contributed by atoms with Crippen molar-refractivity contribution in [1.82, 2.24) is 4.98 Å². The molecule has 1 aromatic heterocycles. The van der Waals surface area contributed by atoms with Gasteiger partial charge in [0.1, 0.15) is 5.82 Å². The van der Waals surface area contributed by atoms with Crippen LogP contribution in [0.3, 0.4) is 0 Å². The fraction of sp³-hybridized carbons (Fsp3) is 0.0769. The Kier molecular flexibility index (Phi) is 3.35. The molecule has 2 rings (SSSR count). The van der Waals surface area contributed by atoms with Crippen LogP contribution < -0.4 is 11.1 Å². The fourth-order valence-electron chi connectivity index (χ4n) is 1.50. The largest absolute Gasteiger partial charge is 0.397 e. The van der Waals surface area contributed by atoms with Crippen molar-refractivity contribution >= 4 is 28.8 Å². The number of nitrogen functional groups attached to an aromatic ring is 1. The fourth-order valence-corrected chi connectivity index (χ4v) is 1.72. The maximum absolute atomic E-state index is 8.87. The molecule has 90 valence electrons. The van der Waals surface area contributed by atoms with Gasteiger partial charge in [0.15, 0.2) is 0 Å². The van der Waals surface area contributed by atoms with Crippen LogP contribution in [0, 0.1) is 18.3 Å². The first kappa shape index (κ1) is 12.2. The zero-order chi connectivity index (χ0) is 13.1. The molecule has 1 aromatic carbocycles. The van der Waals surface area contributed by atoms with Crippen LogP contribution in [0.1, 0.15) is 11.1 Å². The van der Waals surface area contributed by atoms with Crippen LogP contribution in [-0.4, -0.2) is 4.98 Å². The van der Waals surface area contributed by atoms with Crippen LogP contribution in [-0.2, 0) is 0 Å². The van der Waals surface area contributed by atoms with Gasteiger partial charge in [-0.25, -0.2) is 4.98 Å². The third-order valence-electron chi connectivity index (χ3n) is 2.48. The summed E-state index contributed by atoms with van der Waals surface area (Å²) < 4.78 is 0. The van der Waals surface area contributed by atoms with Gasteiger partial charge in [0, 0.05) is 5.69 Å². The average molecular weight is 259 g/mol. The van der Waals surface area contributed by atoms with Crippen molar-refractivity contribution in [3.05, 3.63) is 46.6 Å². The van der Waals surface area contributed by atoms with Crippen LogP contribution >= 0.6 is 11.6 Å². The van der Waals surface area contributed by atoms with Gasteiger partial charge >= 0.3 is 0 Å². The molecule has 0 aliphatic heterocycles. The van der Waals surface area contributed by atoms with E-state index in [-0.39, 0.29) is 0 Å². The Bertz CT molecular complexity index is 631. The molecule has 4 nitrogen and oxygen atoms in total. The van der Waals surface area contributed by atoms with Crippen LogP contribution in [0.2, 0.25) is 5.02 Å². The molecular formula is C13H11ClN4. The van der Waals surface area contributed by atoms with E-state index in [1.165, 1.54) is 6.20 Å². The van der Waals surface area contributed by atoms with Crippen molar-refractivity contribution in [3.63, 3.8) is 0 Å². The normalized spacial score (nSPS) is 9.83. The molecule has 0 atom stereocenters. The number of hydrogen-bond acceptors (Lipinski definition) is 4. The maximum Gasteiger partial charge on any atom is 0.149 e. The second-order valence-corrected chi connectivity index (χ2v) is 4.27. The number of pyridine rings is 1. The lowest BCUT2D eigenvalue weighted by Crippen LogP contribution is -1.98. The second kappa shape index (κ2) is 4.94. The zero-order valence-corrected chi connectivity index (χ0v) is 10.5. The van der Waals surface area contributed by atoms with Crippen LogP contribution in [0.25, 0.3) is 0 Å². The first-order valence-electron chi connectivity index (χ1n) is 5.29. The molecule has 0 bridgehead atoms. The van der Waals surface area contributed by atoms with Gasteiger partial charge in [-0.05, 0) is 30.7 Å². The molecule has 0 saturated heterocycles. The number of benzene rings is 1. The molecule has 0 saturated carbocycles. The van der Waals surface area contributed by atoms with E-state index in [9.17, 15) is 0 Å². The predicted octanol–water partition coefficient (Wildman–Crippen LogP) is 3.24. The molecule has 0 fully saturated rings. The molecule has 18 heavy (non-hydrogen) atoms. The second-order valence-electron chi connectivity index (χ2n) is 3.87. The van der Waals surface area contributed by atoms with E-state index in [1.807, 2.05) is 13.0 Å². The average Bonchev–Trinajstić information content (AvgIpc) is 2.35. The van der Waals surface area contributed by atoms with E-state index in [2.05, 4.69) is 16.4 Å². The SMILES string of the molecule is Cc1ccc(C#N)cc1Nc1ncc(N)cc1Cl. The lowest BCUT2D eigenvalue weighted by Gasteiger charge is -2.10. The van der Waals surface area contributed by atoms with Crippen molar-refractivity contribution < 1.29 is 0 Å². The highest BCUT2D eigenvalue weighted by atomic mass is 35.5. The number of halogens is 1. The number of nitrogens with zero attached hydrogens (tertiary/aromatic N) is 2. The number of nitriles is 1. The molecule has 0 spiro atoms. The summed E-state index contributed by atoms with van der Waals surface area (Å²) >= 11 is 6.04. The molecule has 0 unspecified atom stereocenters. The van der Waals surface area contributed by atoms with Crippen molar-refractivity contribution in [2.45, 2.75) is 6.92 Å². The summed E-state index contributed by atoms with van der Waals surface area (Å²) in [6.07, 6.45) is 1.53. The monoisotopic (exact) mass is 258 g/mol. The van der Waals surface area contributed by atoms with Gasteiger partial charge in [-0.1, -0.05) is 17.7 Å². The van der Waals surface area contributed by atoms with Gasteiger partial charge in [-0.3, -0.25) is 0 Å². The minimum Gasteiger partial charge on any atom is -0.397 e. The Morgan fingerprint density at radius 2 is 2.17 bits per heavy atom. The van der Waals surface area contributed by atoms with Crippen molar-refractivity contribution in [2.75, 3.05) is 11.1 Å². The highest BCUT2D eigenvalue weighted by Gasteiger charge is 2.05. The van der Waals surface area contributed by atoms with Crippen LogP contribution in [0.4, 0.5) is 17.2 Å². The van der Waals surface area contributed by atoms with E-state index in [0.717, 1.165) is 11.3 Å². The van der Waals surface area contributed by atoms with Crippen molar-refractivity contribution in [1.29, 1.82) is 5.26 Å². The summed E-state index contributed by atoms with van der Waals surface area (Å²) in [6.45, 7) is 1.94. The molecule has 2 aromatic rings. The van der Waals surface area contributed by atoms with E-state index >= 15 is 0 Å². The Morgan fingerprint density at radius 1 is 1.39 bits per heavy atom. The topological polar surface area (TPSA) is 74.7 Å². The number of aromatic nitrogens is 1. The van der Waals surface area contributed by atoms with Gasteiger partial charge in [0.2, 0.25) is 0 Å². The summed E-state index contributed by atoms with van der Waals surface area (Å²) in [7, 11) is 0. The molecule has 0 amide bonds. The molecule has 0 aliphatic carbocycles. The Balaban J connectivity index is 2.37. The molecule has 1 heterocycles. The van der Waals surface area contributed by atoms with Gasteiger partial charge in [-0.15, -0.1) is 0 Å². The first-order valence-corrected chi connectivity index (χ1v) is 5.67. The van der Waals surface area contributed by atoms with Gasteiger partial charge in [-0.2, -0.15) is 5.26 Å². The summed E-state index contributed by atoms with van der Waals surface area (Å²) in [5, 5.41) is 12.4. The maximum atomic E-state index is 8.87. The Morgan fingerprint density at radius 3 is 2.83 bits per heavy atom. The highest BCUT2D eigenvalue weighted by molar-refractivity contribution is 6.33. The summed E-state index contributed by atoms with van der Waals surface area (Å²) in [4.78, 5) is 4.12. The summed E-state index contributed by atoms with van der Waals surface area (Å²) in [6, 6.07) is 9.10. The molecular weight excluding hydrogens is 248 g/mol. The van der Waals surface area contributed by atoms with Crippen LogP contribution in [0.5, 0.6) is 0 Å². The number of hydrogen-bond donors (Lipinski definition) is 2.